The van der Waals surface area contributed by atoms with Crippen molar-refractivity contribution >= 4 is 52.0 Å². The third-order valence-corrected chi connectivity index (χ3v) is 9.19. The van der Waals surface area contributed by atoms with Gasteiger partial charge in [-0.3, -0.25) is 18.6 Å². The number of hydrogen-bond donors (Lipinski definition) is 3. The molecule has 3 N–H and O–H groups in total. The zero-order valence-electron chi connectivity index (χ0n) is 20.1. The molecule has 36 heavy (non-hydrogen) atoms. The third-order valence-electron chi connectivity index (χ3n) is 4.96. The van der Waals surface area contributed by atoms with Gasteiger partial charge in [0.25, 0.3) is 0 Å². The second kappa shape index (κ2) is 14.9. The molecule has 0 amide bonds. The number of aromatic hydroxyl groups is 1. The molecule has 11 heteroatoms. The predicted octanol–water partition coefficient (Wildman–Crippen LogP) is 4.76. The quantitative estimate of drug-likeness (QED) is 0.151. The molecule has 1 unspecified atom stereocenters. The van der Waals surface area contributed by atoms with Crippen molar-refractivity contribution in [1.29, 1.82) is 0 Å². The molecule has 0 saturated heterocycles. The molecule has 2 rings (SSSR count). The standard InChI is InChI=1S/C25H30O8S3/c1-3-6-20-21(10-9-19(16(2)26)24(20)31)33-11-5-12-36(32)18-8-4-7-17(13-18)25(34-14-22(27)28)35-15-23(29)30/h4,7-10,13,25,31H,3,5-6,11-12,14-15H2,1-2H3,(H,27,28)(H,29,30). The maximum Gasteiger partial charge on any atom is 0.313 e. The average Bonchev–Trinajstić information content (AvgIpc) is 2.83. The first-order valence-electron chi connectivity index (χ1n) is 11.3. The van der Waals surface area contributed by atoms with Crippen molar-refractivity contribution in [3.8, 4) is 11.5 Å². The van der Waals surface area contributed by atoms with Gasteiger partial charge in [-0.05, 0) is 49.6 Å². The zero-order chi connectivity index (χ0) is 26.7. The van der Waals surface area contributed by atoms with E-state index in [2.05, 4.69) is 0 Å². The van der Waals surface area contributed by atoms with E-state index in [1.165, 1.54) is 13.0 Å². The third kappa shape index (κ3) is 9.18. The van der Waals surface area contributed by atoms with Crippen molar-refractivity contribution in [2.24, 2.45) is 0 Å². The molecule has 0 bridgehead atoms. The molecule has 0 aliphatic carbocycles. The van der Waals surface area contributed by atoms with E-state index in [0.717, 1.165) is 29.9 Å². The number of thioether (sulfide) groups is 2. The van der Waals surface area contributed by atoms with Crippen LogP contribution in [0.3, 0.4) is 0 Å². The lowest BCUT2D eigenvalue weighted by Gasteiger charge is -2.16. The topological polar surface area (TPSA) is 138 Å². The maximum absolute atomic E-state index is 12.9. The Morgan fingerprint density at radius 1 is 1.06 bits per heavy atom. The van der Waals surface area contributed by atoms with Crippen LogP contribution < -0.4 is 4.74 Å². The summed E-state index contributed by atoms with van der Waals surface area (Å²) in [4.78, 5) is 34.3. The number of aliphatic carboxylic acids is 2. The SMILES string of the molecule is CCCc1c(OCCCS(=O)c2cccc(C(SCC(=O)O)SCC(=O)O)c2)ccc(C(C)=O)c1O. The van der Waals surface area contributed by atoms with Gasteiger partial charge in [-0.1, -0.05) is 25.5 Å². The van der Waals surface area contributed by atoms with Crippen LogP contribution in [-0.4, -0.2) is 61.1 Å². The Balaban J connectivity index is 2.02. The van der Waals surface area contributed by atoms with Gasteiger partial charge in [0, 0.05) is 16.2 Å². The number of carbonyl (C=O) groups excluding carboxylic acids is 1. The lowest BCUT2D eigenvalue weighted by atomic mass is 10.0. The first kappa shape index (κ1) is 29.7. The maximum atomic E-state index is 12.9. The summed E-state index contributed by atoms with van der Waals surface area (Å²) in [5, 5.41) is 28.4. The number of carbonyl (C=O) groups is 3. The number of carboxylic acids is 2. The van der Waals surface area contributed by atoms with Gasteiger partial charge in [-0.15, -0.1) is 23.5 Å². The molecule has 196 valence electrons. The van der Waals surface area contributed by atoms with Crippen molar-refractivity contribution in [2.45, 2.75) is 42.6 Å². The van der Waals surface area contributed by atoms with Crippen molar-refractivity contribution in [1.82, 2.24) is 0 Å². The summed E-state index contributed by atoms with van der Waals surface area (Å²) in [7, 11) is -1.34. The highest BCUT2D eigenvalue weighted by molar-refractivity contribution is 8.16. The molecular weight excluding hydrogens is 524 g/mol. The molecule has 2 aromatic rings. The fourth-order valence-electron chi connectivity index (χ4n) is 3.36. The van der Waals surface area contributed by atoms with Crippen LogP contribution in [0.15, 0.2) is 41.3 Å². The number of benzene rings is 2. The van der Waals surface area contributed by atoms with Crippen LogP contribution in [0.1, 0.15) is 52.8 Å². The minimum absolute atomic E-state index is 0.0571. The highest BCUT2D eigenvalue weighted by atomic mass is 32.2. The van der Waals surface area contributed by atoms with Crippen molar-refractivity contribution in [3.63, 3.8) is 0 Å². The minimum Gasteiger partial charge on any atom is -0.507 e. The minimum atomic E-state index is -1.34. The lowest BCUT2D eigenvalue weighted by molar-refractivity contribution is -0.134. The number of carboxylic acid groups (broad SMARTS) is 2. The van der Waals surface area contributed by atoms with E-state index < -0.39 is 27.3 Å². The first-order chi connectivity index (χ1) is 17.1. The molecule has 0 aromatic heterocycles. The van der Waals surface area contributed by atoms with E-state index in [9.17, 15) is 23.7 Å². The Hall–Kier alpha value is -2.50. The normalized spacial score (nSPS) is 11.9. The summed E-state index contributed by atoms with van der Waals surface area (Å²) < 4.78 is 18.3. The highest BCUT2D eigenvalue weighted by Gasteiger charge is 2.18. The van der Waals surface area contributed by atoms with E-state index in [1.807, 2.05) is 6.92 Å². The van der Waals surface area contributed by atoms with Gasteiger partial charge in [-0.2, -0.15) is 0 Å². The molecule has 2 aromatic carbocycles. The summed E-state index contributed by atoms with van der Waals surface area (Å²) in [6.07, 6.45) is 1.80. The summed E-state index contributed by atoms with van der Waals surface area (Å²) in [5.74, 6) is -1.80. The number of Topliss-reactive ketones (excluding diaryl/α,β-unsaturated/α-hetero) is 1. The molecule has 0 radical (unpaired) electrons. The van der Waals surface area contributed by atoms with Crippen LogP contribution in [0, 0.1) is 0 Å². The molecule has 0 aliphatic rings. The molecule has 0 fully saturated rings. The first-order valence-corrected chi connectivity index (χ1v) is 14.7. The fourth-order valence-corrected chi connectivity index (χ4v) is 6.53. The lowest BCUT2D eigenvalue weighted by Crippen LogP contribution is -2.08. The predicted molar refractivity (Wildman–Crippen MR) is 143 cm³/mol. The van der Waals surface area contributed by atoms with Gasteiger partial charge in [0.1, 0.15) is 11.5 Å². The Labute approximate surface area is 221 Å². The van der Waals surface area contributed by atoms with Crippen LogP contribution in [-0.2, 0) is 26.8 Å². The summed E-state index contributed by atoms with van der Waals surface area (Å²) in [6.45, 7) is 3.63. The summed E-state index contributed by atoms with van der Waals surface area (Å²) in [5.41, 5.74) is 1.55. The number of hydrogen-bond acceptors (Lipinski definition) is 8. The average molecular weight is 555 g/mol. The van der Waals surface area contributed by atoms with Crippen molar-refractivity contribution < 1.29 is 38.6 Å². The molecule has 0 aliphatic heterocycles. The molecular formula is C25H30O8S3. The Bertz CT molecular complexity index is 1080. The van der Waals surface area contributed by atoms with E-state index >= 15 is 0 Å². The second-order valence-corrected chi connectivity index (χ2v) is 11.9. The number of phenolic OH excluding ortho intramolecular Hbond substituents is 1. The van der Waals surface area contributed by atoms with Crippen molar-refractivity contribution in [3.05, 3.63) is 53.1 Å². The second-order valence-electron chi connectivity index (χ2n) is 7.81. The van der Waals surface area contributed by atoms with Gasteiger partial charge in [0.2, 0.25) is 0 Å². The van der Waals surface area contributed by atoms with Gasteiger partial charge in [-0.25, -0.2) is 0 Å². The summed E-state index contributed by atoms with van der Waals surface area (Å²) in [6, 6.07) is 10.2. The number of ether oxygens (including phenoxy) is 1. The zero-order valence-corrected chi connectivity index (χ0v) is 22.5. The largest absolute Gasteiger partial charge is 0.507 e. The molecule has 0 heterocycles. The Morgan fingerprint density at radius 2 is 1.72 bits per heavy atom. The smallest absolute Gasteiger partial charge is 0.313 e. The molecule has 0 spiro atoms. The van der Waals surface area contributed by atoms with Crippen LogP contribution in [0.25, 0.3) is 0 Å². The fraction of sp³-hybridized carbons (Fsp3) is 0.400. The number of rotatable bonds is 16. The van der Waals surface area contributed by atoms with E-state index in [0.29, 0.717) is 40.4 Å². The monoisotopic (exact) mass is 554 g/mol. The Kier molecular flexibility index (Phi) is 12.3. The van der Waals surface area contributed by atoms with E-state index in [-0.39, 0.29) is 35.2 Å². The van der Waals surface area contributed by atoms with Gasteiger partial charge < -0.3 is 20.1 Å². The van der Waals surface area contributed by atoms with Crippen molar-refractivity contribution in [2.75, 3.05) is 23.9 Å². The van der Waals surface area contributed by atoms with E-state index in [1.54, 1.807) is 30.3 Å². The summed E-state index contributed by atoms with van der Waals surface area (Å²) >= 11 is 2.23. The van der Waals surface area contributed by atoms with E-state index in [4.69, 9.17) is 14.9 Å². The van der Waals surface area contributed by atoms with Gasteiger partial charge in [0.05, 0.1) is 39.1 Å². The van der Waals surface area contributed by atoms with Crippen LogP contribution in [0.2, 0.25) is 0 Å². The highest BCUT2D eigenvalue weighted by Crippen LogP contribution is 2.40. The van der Waals surface area contributed by atoms with Crippen LogP contribution >= 0.6 is 23.5 Å². The Morgan fingerprint density at radius 3 is 2.31 bits per heavy atom. The molecule has 0 saturated carbocycles. The molecule has 1 atom stereocenters. The molecule has 8 nitrogen and oxygen atoms in total. The van der Waals surface area contributed by atoms with Crippen LogP contribution in [0.4, 0.5) is 0 Å². The number of phenols is 1. The number of ketones is 1. The van der Waals surface area contributed by atoms with Crippen LogP contribution in [0.5, 0.6) is 11.5 Å². The van der Waals surface area contributed by atoms with Gasteiger partial charge in [0.15, 0.2) is 5.78 Å². The van der Waals surface area contributed by atoms with Gasteiger partial charge >= 0.3 is 11.9 Å².